The minimum atomic E-state index is 0.796. The molecule has 0 spiro atoms. The second-order valence-electron chi connectivity index (χ2n) is 4.36. The highest BCUT2D eigenvalue weighted by Crippen LogP contribution is 2.20. The van der Waals surface area contributed by atoms with Gasteiger partial charge in [0.1, 0.15) is 11.5 Å². The van der Waals surface area contributed by atoms with E-state index < -0.39 is 0 Å². The summed E-state index contributed by atoms with van der Waals surface area (Å²) in [6.07, 6.45) is 2.09. The number of hydrogen-bond acceptors (Lipinski definition) is 4. The summed E-state index contributed by atoms with van der Waals surface area (Å²) < 4.78 is 5.71. The van der Waals surface area contributed by atoms with Gasteiger partial charge >= 0.3 is 0 Å². The van der Waals surface area contributed by atoms with E-state index in [9.17, 15) is 0 Å². The lowest BCUT2D eigenvalue weighted by Gasteiger charge is -2.00. The van der Waals surface area contributed by atoms with Gasteiger partial charge in [-0.25, -0.2) is 0 Å². The average molecular weight is 281 g/mol. The molecule has 0 aliphatic heterocycles. The molecule has 0 atom stereocenters. The Kier molecular flexibility index (Phi) is 4.92. The maximum absolute atomic E-state index is 5.71. The van der Waals surface area contributed by atoms with Crippen molar-refractivity contribution in [3.05, 3.63) is 45.0 Å². The van der Waals surface area contributed by atoms with Crippen molar-refractivity contribution < 1.29 is 4.42 Å². The summed E-state index contributed by atoms with van der Waals surface area (Å²) in [5.74, 6) is 3.02. The van der Waals surface area contributed by atoms with Crippen LogP contribution >= 0.6 is 23.1 Å². The monoisotopic (exact) mass is 281 g/mol. The first-order valence-corrected chi connectivity index (χ1v) is 8.23. The van der Waals surface area contributed by atoms with Crippen molar-refractivity contribution in [1.82, 2.24) is 5.32 Å². The smallest absolute Gasteiger partial charge is 0.118 e. The molecule has 0 aromatic carbocycles. The van der Waals surface area contributed by atoms with Crippen LogP contribution < -0.4 is 5.32 Å². The Morgan fingerprint density at radius 1 is 1.22 bits per heavy atom. The number of aryl methyl sites for hydroxylation is 2. The van der Waals surface area contributed by atoms with E-state index in [1.807, 2.05) is 11.3 Å². The quantitative estimate of drug-likeness (QED) is 0.862. The van der Waals surface area contributed by atoms with Crippen LogP contribution in [0.4, 0.5) is 0 Å². The zero-order valence-corrected chi connectivity index (χ0v) is 12.7. The number of hydrogen-bond donors (Lipinski definition) is 1. The SMILES string of the molecule is CSCc1ccc(CNCc2cc(C)c(C)s2)o1. The molecule has 18 heavy (non-hydrogen) atoms. The second-order valence-corrected chi connectivity index (χ2v) is 6.56. The fraction of sp³-hybridized carbons (Fsp3) is 0.429. The topological polar surface area (TPSA) is 25.2 Å². The molecule has 0 bridgehead atoms. The lowest BCUT2D eigenvalue weighted by Crippen LogP contribution is -2.11. The molecule has 1 N–H and O–H groups in total. The van der Waals surface area contributed by atoms with Gasteiger partial charge in [0.15, 0.2) is 0 Å². The standard InChI is InChI=1S/C14H19NOS2/c1-10-6-14(18-11(10)2)8-15-7-12-4-5-13(16-12)9-17-3/h4-6,15H,7-9H2,1-3H3. The molecular weight excluding hydrogens is 262 g/mol. The largest absolute Gasteiger partial charge is 0.464 e. The molecule has 2 nitrogen and oxygen atoms in total. The summed E-state index contributed by atoms with van der Waals surface area (Å²) >= 11 is 3.65. The van der Waals surface area contributed by atoms with Crippen LogP contribution in [0.2, 0.25) is 0 Å². The van der Waals surface area contributed by atoms with E-state index in [2.05, 4.69) is 43.6 Å². The first-order valence-electron chi connectivity index (χ1n) is 6.02. The van der Waals surface area contributed by atoms with Crippen molar-refractivity contribution in [2.75, 3.05) is 6.26 Å². The molecule has 2 heterocycles. The lowest BCUT2D eigenvalue weighted by molar-refractivity contribution is 0.460. The zero-order valence-electron chi connectivity index (χ0n) is 11.1. The molecule has 0 saturated heterocycles. The highest BCUT2D eigenvalue weighted by molar-refractivity contribution is 7.97. The Hall–Kier alpha value is -0.710. The number of nitrogens with one attached hydrogen (secondary N) is 1. The summed E-state index contributed by atoms with van der Waals surface area (Å²) in [7, 11) is 0. The molecule has 2 aromatic heterocycles. The molecule has 2 rings (SSSR count). The molecule has 0 radical (unpaired) electrons. The number of rotatable bonds is 6. The zero-order chi connectivity index (χ0) is 13.0. The third-order valence-electron chi connectivity index (χ3n) is 2.82. The van der Waals surface area contributed by atoms with Gasteiger partial charge in [-0.2, -0.15) is 11.8 Å². The molecule has 0 saturated carbocycles. The molecule has 98 valence electrons. The van der Waals surface area contributed by atoms with Crippen molar-refractivity contribution >= 4 is 23.1 Å². The third kappa shape index (κ3) is 3.64. The normalized spacial score (nSPS) is 11.1. The van der Waals surface area contributed by atoms with Crippen LogP contribution in [-0.2, 0) is 18.8 Å². The predicted octanol–water partition coefficient (Wildman–Crippen LogP) is 4.11. The van der Waals surface area contributed by atoms with Gasteiger partial charge in [0.05, 0.1) is 12.3 Å². The van der Waals surface area contributed by atoms with Gasteiger partial charge in [-0.05, 0) is 43.9 Å². The van der Waals surface area contributed by atoms with Gasteiger partial charge in [-0.15, -0.1) is 11.3 Å². The minimum absolute atomic E-state index is 0.796. The van der Waals surface area contributed by atoms with E-state index >= 15 is 0 Å². The van der Waals surface area contributed by atoms with Crippen LogP contribution in [0.15, 0.2) is 22.6 Å². The Morgan fingerprint density at radius 3 is 2.67 bits per heavy atom. The predicted molar refractivity (Wildman–Crippen MR) is 80.3 cm³/mol. The number of thioether (sulfide) groups is 1. The highest BCUT2D eigenvalue weighted by atomic mass is 32.2. The Bertz CT molecular complexity index is 482. The van der Waals surface area contributed by atoms with E-state index in [1.54, 1.807) is 11.8 Å². The molecule has 2 aromatic rings. The molecule has 0 aliphatic carbocycles. The first kappa shape index (κ1) is 13.7. The summed E-state index contributed by atoms with van der Waals surface area (Å²) in [5.41, 5.74) is 1.39. The lowest BCUT2D eigenvalue weighted by atomic mass is 10.3. The van der Waals surface area contributed by atoms with Crippen LogP contribution in [0.1, 0.15) is 26.8 Å². The van der Waals surface area contributed by atoms with E-state index in [0.717, 1.165) is 30.4 Å². The van der Waals surface area contributed by atoms with Gasteiger partial charge in [0.25, 0.3) is 0 Å². The van der Waals surface area contributed by atoms with Crippen LogP contribution in [-0.4, -0.2) is 6.26 Å². The van der Waals surface area contributed by atoms with Crippen LogP contribution in [0.25, 0.3) is 0 Å². The molecular formula is C14H19NOS2. The van der Waals surface area contributed by atoms with Crippen molar-refractivity contribution in [3.63, 3.8) is 0 Å². The fourth-order valence-corrected chi connectivity index (χ4v) is 3.25. The third-order valence-corrected chi connectivity index (χ3v) is 4.55. The van der Waals surface area contributed by atoms with E-state index in [-0.39, 0.29) is 0 Å². The second kappa shape index (κ2) is 6.45. The van der Waals surface area contributed by atoms with Crippen LogP contribution in [0.3, 0.4) is 0 Å². The van der Waals surface area contributed by atoms with E-state index in [0.29, 0.717) is 0 Å². The van der Waals surface area contributed by atoms with Crippen molar-refractivity contribution in [2.45, 2.75) is 32.7 Å². The van der Waals surface area contributed by atoms with Crippen molar-refractivity contribution in [2.24, 2.45) is 0 Å². The molecule has 0 amide bonds. The maximum atomic E-state index is 5.71. The van der Waals surface area contributed by atoms with E-state index in [4.69, 9.17) is 4.42 Å². The maximum Gasteiger partial charge on any atom is 0.118 e. The molecule has 0 aliphatic rings. The first-order chi connectivity index (χ1) is 8.69. The number of furan rings is 1. The Labute approximate surface area is 117 Å². The van der Waals surface area contributed by atoms with E-state index in [1.165, 1.54) is 15.3 Å². The van der Waals surface area contributed by atoms with Crippen LogP contribution in [0.5, 0.6) is 0 Å². The van der Waals surface area contributed by atoms with Gasteiger partial charge in [-0.3, -0.25) is 0 Å². The van der Waals surface area contributed by atoms with Gasteiger partial charge in [0, 0.05) is 16.3 Å². The van der Waals surface area contributed by atoms with Crippen molar-refractivity contribution in [1.29, 1.82) is 0 Å². The fourth-order valence-electron chi connectivity index (χ4n) is 1.78. The van der Waals surface area contributed by atoms with Gasteiger partial charge in [-0.1, -0.05) is 0 Å². The Balaban J connectivity index is 1.80. The molecule has 0 unspecified atom stereocenters. The van der Waals surface area contributed by atoms with Crippen LogP contribution in [0, 0.1) is 13.8 Å². The van der Waals surface area contributed by atoms with Crippen molar-refractivity contribution in [3.8, 4) is 0 Å². The molecule has 0 fully saturated rings. The molecule has 4 heteroatoms. The number of thiophene rings is 1. The summed E-state index contributed by atoms with van der Waals surface area (Å²) in [4.78, 5) is 2.80. The Morgan fingerprint density at radius 2 is 2.00 bits per heavy atom. The van der Waals surface area contributed by atoms with Gasteiger partial charge < -0.3 is 9.73 Å². The summed E-state index contributed by atoms with van der Waals surface area (Å²) in [6, 6.07) is 6.38. The summed E-state index contributed by atoms with van der Waals surface area (Å²) in [6.45, 7) is 6.05. The summed E-state index contributed by atoms with van der Waals surface area (Å²) in [5, 5.41) is 3.42. The van der Waals surface area contributed by atoms with Gasteiger partial charge in [0.2, 0.25) is 0 Å². The average Bonchev–Trinajstić information content (AvgIpc) is 2.88. The minimum Gasteiger partial charge on any atom is -0.464 e. The highest BCUT2D eigenvalue weighted by Gasteiger charge is 2.03.